The zero-order chi connectivity index (χ0) is 6.95. The molecular weight excluding hydrogens is 152 g/mol. The second-order valence-electron chi connectivity index (χ2n) is 2.32. The molecule has 0 aromatic carbocycles. The maximum atomic E-state index is 5.31. The second kappa shape index (κ2) is 12.9. The second-order valence-corrected chi connectivity index (χ2v) is 2.32. The molecule has 0 rings (SSSR count). The number of hydrogen-bond acceptors (Lipinski definition) is 1. The summed E-state index contributed by atoms with van der Waals surface area (Å²) in [4.78, 5) is 0. The maximum absolute atomic E-state index is 5.31. The van der Waals surface area contributed by atoms with E-state index in [4.69, 9.17) is 4.74 Å². The molecule has 0 aliphatic heterocycles. The van der Waals surface area contributed by atoms with E-state index in [0.717, 1.165) is 13.2 Å². The molecule has 10 heavy (non-hydrogen) atoms. The Hall–Kier alpha value is 1.22. The summed E-state index contributed by atoms with van der Waals surface area (Å²) in [7, 11) is 0. The molecule has 60 valence electrons. The van der Waals surface area contributed by atoms with Gasteiger partial charge < -0.3 is 4.74 Å². The SMILES string of the molecule is CCCCOCCCC.[CaH2]. The predicted octanol–water partition coefficient (Wildman–Crippen LogP) is 1.69. The monoisotopic (exact) mass is 172 g/mol. The Labute approximate surface area is 94.5 Å². The van der Waals surface area contributed by atoms with Gasteiger partial charge in [-0.05, 0) is 12.8 Å². The van der Waals surface area contributed by atoms with Gasteiger partial charge in [-0.1, -0.05) is 26.7 Å². The van der Waals surface area contributed by atoms with Gasteiger partial charge in [0.1, 0.15) is 0 Å². The summed E-state index contributed by atoms with van der Waals surface area (Å²) in [5, 5.41) is 0. The molecule has 0 N–H and O–H groups in total. The molecule has 0 amide bonds. The average Bonchev–Trinajstić information content (AvgIpc) is 1.89. The fourth-order valence-electron chi connectivity index (χ4n) is 0.595. The Balaban J connectivity index is 0. The van der Waals surface area contributed by atoms with Crippen molar-refractivity contribution in [1.29, 1.82) is 0 Å². The topological polar surface area (TPSA) is 9.23 Å². The van der Waals surface area contributed by atoms with Crippen LogP contribution in [0.15, 0.2) is 0 Å². The molecule has 2 heteroatoms. The van der Waals surface area contributed by atoms with Gasteiger partial charge >= 0.3 is 37.7 Å². The van der Waals surface area contributed by atoms with E-state index < -0.39 is 0 Å². The molecule has 0 unspecified atom stereocenters. The Morgan fingerprint density at radius 2 is 1.30 bits per heavy atom. The Bertz CT molecular complexity index is 42.5. The number of ether oxygens (including phenoxy) is 1. The predicted molar refractivity (Wildman–Crippen MR) is 49.2 cm³/mol. The average molecular weight is 172 g/mol. The summed E-state index contributed by atoms with van der Waals surface area (Å²) in [6.45, 7) is 6.28. The zero-order valence-electron chi connectivity index (χ0n) is 6.65. The van der Waals surface area contributed by atoms with Crippen LogP contribution in [-0.2, 0) is 4.74 Å². The van der Waals surface area contributed by atoms with E-state index in [1.165, 1.54) is 25.7 Å². The Morgan fingerprint density at radius 3 is 1.60 bits per heavy atom. The van der Waals surface area contributed by atoms with Crippen LogP contribution in [0.3, 0.4) is 0 Å². The van der Waals surface area contributed by atoms with Gasteiger partial charge in [-0.25, -0.2) is 0 Å². The van der Waals surface area contributed by atoms with Crippen molar-refractivity contribution in [2.45, 2.75) is 39.5 Å². The zero-order valence-corrected chi connectivity index (χ0v) is 6.65. The van der Waals surface area contributed by atoms with E-state index in [2.05, 4.69) is 13.8 Å². The van der Waals surface area contributed by atoms with E-state index in [1.807, 2.05) is 0 Å². The first-order valence-corrected chi connectivity index (χ1v) is 3.99. The van der Waals surface area contributed by atoms with Crippen molar-refractivity contribution in [2.75, 3.05) is 13.2 Å². The van der Waals surface area contributed by atoms with Crippen LogP contribution in [0.1, 0.15) is 39.5 Å². The molecule has 0 aliphatic carbocycles. The summed E-state index contributed by atoms with van der Waals surface area (Å²) >= 11 is 0. The van der Waals surface area contributed by atoms with Gasteiger partial charge in [-0.2, -0.15) is 0 Å². The molecule has 0 saturated heterocycles. The van der Waals surface area contributed by atoms with Crippen molar-refractivity contribution in [2.24, 2.45) is 0 Å². The van der Waals surface area contributed by atoms with Crippen LogP contribution in [0.5, 0.6) is 0 Å². The first-order chi connectivity index (χ1) is 4.41. The van der Waals surface area contributed by atoms with Crippen molar-refractivity contribution >= 4 is 37.7 Å². The van der Waals surface area contributed by atoms with Gasteiger partial charge in [0.15, 0.2) is 0 Å². The van der Waals surface area contributed by atoms with Gasteiger partial charge in [0.05, 0.1) is 0 Å². The van der Waals surface area contributed by atoms with Gasteiger partial charge in [-0.15, -0.1) is 0 Å². The third kappa shape index (κ3) is 12.0. The summed E-state index contributed by atoms with van der Waals surface area (Å²) < 4.78 is 5.31. The number of hydrogen-bond donors (Lipinski definition) is 0. The van der Waals surface area contributed by atoms with E-state index in [0.29, 0.717) is 0 Å². The van der Waals surface area contributed by atoms with Crippen LogP contribution in [0, 0.1) is 0 Å². The molecule has 0 radical (unpaired) electrons. The van der Waals surface area contributed by atoms with Crippen LogP contribution in [-0.4, -0.2) is 51.0 Å². The van der Waals surface area contributed by atoms with Gasteiger partial charge in [0.25, 0.3) is 0 Å². The van der Waals surface area contributed by atoms with Crippen LogP contribution >= 0.6 is 0 Å². The molecule has 0 spiro atoms. The quantitative estimate of drug-likeness (QED) is 0.437. The van der Waals surface area contributed by atoms with Crippen molar-refractivity contribution < 1.29 is 4.74 Å². The molecule has 0 atom stereocenters. The summed E-state index contributed by atoms with van der Waals surface area (Å²) in [5.41, 5.74) is 0. The molecule has 0 bridgehead atoms. The van der Waals surface area contributed by atoms with E-state index in [-0.39, 0.29) is 37.7 Å². The van der Waals surface area contributed by atoms with Crippen LogP contribution < -0.4 is 0 Å². The molecule has 0 aromatic heterocycles. The normalized spacial score (nSPS) is 9.00. The van der Waals surface area contributed by atoms with E-state index in [9.17, 15) is 0 Å². The molecule has 0 saturated carbocycles. The molecular formula is C8H20CaO. The fraction of sp³-hybridized carbons (Fsp3) is 1.00. The Morgan fingerprint density at radius 1 is 0.900 bits per heavy atom. The van der Waals surface area contributed by atoms with E-state index in [1.54, 1.807) is 0 Å². The standard InChI is InChI=1S/C8H18O.Ca.2H/c1-3-5-7-9-8-6-4-2;;;/h3-8H2,1-2H3;;;. The van der Waals surface area contributed by atoms with Crippen molar-refractivity contribution in [3.63, 3.8) is 0 Å². The fourth-order valence-corrected chi connectivity index (χ4v) is 0.595. The Kier molecular flexibility index (Phi) is 17.7. The van der Waals surface area contributed by atoms with Gasteiger partial charge in [-0.3, -0.25) is 0 Å². The van der Waals surface area contributed by atoms with Crippen LogP contribution in [0.2, 0.25) is 0 Å². The van der Waals surface area contributed by atoms with Crippen molar-refractivity contribution in [1.82, 2.24) is 0 Å². The van der Waals surface area contributed by atoms with Crippen LogP contribution in [0.25, 0.3) is 0 Å². The third-order valence-electron chi connectivity index (χ3n) is 1.28. The summed E-state index contributed by atoms with van der Waals surface area (Å²) in [6, 6.07) is 0. The minimum absolute atomic E-state index is 0. The first kappa shape index (κ1) is 13.8. The third-order valence-corrected chi connectivity index (χ3v) is 1.28. The van der Waals surface area contributed by atoms with Crippen molar-refractivity contribution in [3.8, 4) is 0 Å². The molecule has 1 nitrogen and oxygen atoms in total. The summed E-state index contributed by atoms with van der Waals surface area (Å²) in [5.74, 6) is 0. The molecule has 0 heterocycles. The molecule has 0 aromatic rings. The van der Waals surface area contributed by atoms with Gasteiger partial charge in [0.2, 0.25) is 0 Å². The summed E-state index contributed by atoms with van der Waals surface area (Å²) in [6.07, 6.45) is 4.91. The van der Waals surface area contributed by atoms with Gasteiger partial charge in [0, 0.05) is 13.2 Å². The van der Waals surface area contributed by atoms with Crippen LogP contribution in [0.4, 0.5) is 0 Å². The minimum atomic E-state index is 0. The molecule has 0 aliphatic rings. The van der Waals surface area contributed by atoms with E-state index >= 15 is 0 Å². The first-order valence-electron chi connectivity index (χ1n) is 3.99. The number of rotatable bonds is 6. The number of unbranched alkanes of at least 4 members (excludes halogenated alkanes) is 2. The van der Waals surface area contributed by atoms with Crippen molar-refractivity contribution in [3.05, 3.63) is 0 Å². The molecule has 0 fully saturated rings.